The van der Waals surface area contributed by atoms with E-state index >= 15 is 0 Å². The van der Waals surface area contributed by atoms with Gasteiger partial charge < -0.3 is 9.88 Å². The van der Waals surface area contributed by atoms with Gasteiger partial charge in [-0.1, -0.05) is 11.3 Å². The molecule has 0 radical (unpaired) electrons. The van der Waals surface area contributed by atoms with E-state index in [9.17, 15) is 4.79 Å². The van der Waals surface area contributed by atoms with Gasteiger partial charge in [0.2, 0.25) is 0 Å². The molecule has 0 aliphatic rings. The van der Waals surface area contributed by atoms with Crippen LogP contribution < -0.4 is 10.9 Å². The van der Waals surface area contributed by atoms with Gasteiger partial charge in [0, 0.05) is 37.1 Å². The molecule has 0 unspecified atom stereocenters. The molecule has 6 nitrogen and oxygen atoms in total. The summed E-state index contributed by atoms with van der Waals surface area (Å²) in [7, 11) is 0. The van der Waals surface area contributed by atoms with Gasteiger partial charge >= 0.3 is 0 Å². The van der Waals surface area contributed by atoms with E-state index in [2.05, 4.69) is 36.4 Å². The van der Waals surface area contributed by atoms with Crippen molar-refractivity contribution in [2.75, 3.05) is 0 Å². The van der Waals surface area contributed by atoms with Crippen molar-refractivity contribution >= 4 is 0 Å². The van der Waals surface area contributed by atoms with E-state index in [4.69, 9.17) is 0 Å². The van der Waals surface area contributed by atoms with Gasteiger partial charge in [0.05, 0.1) is 12.2 Å². The summed E-state index contributed by atoms with van der Waals surface area (Å²) in [4.78, 5) is 11.6. The zero-order valence-electron chi connectivity index (χ0n) is 12.2. The summed E-state index contributed by atoms with van der Waals surface area (Å²) >= 11 is 0. The van der Waals surface area contributed by atoms with Crippen molar-refractivity contribution in [1.29, 1.82) is 0 Å². The van der Waals surface area contributed by atoms with Crippen LogP contribution in [0.1, 0.15) is 26.5 Å². The molecular formula is C14H21N5O. The maximum absolute atomic E-state index is 11.6. The minimum atomic E-state index is 0.00207. The number of nitrogens with one attached hydrogen (secondary N) is 1. The molecule has 0 fully saturated rings. The minimum absolute atomic E-state index is 0.00207. The van der Waals surface area contributed by atoms with Gasteiger partial charge in [0.25, 0.3) is 5.56 Å². The Bertz CT molecular complexity index is 608. The summed E-state index contributed by atoms with van der Waals surface area (Å²) in [5.74, 6) is 0. The Kier molecular flexibility index (Phi) is 4.34. The second-order valence-electron chi connectivity index (χ2n) is 5.81. The number of rotatable bonds is 5. The van der Waals surface area contributed by atoms with Crippen molar-refractivity contribution < 1.29 is 0 Å². The van der Waals surface area contributed by atoms with Crippen molar-refractivity contribution in [1.82, 2.24) is 24.9 Å². The second-order valence-corrected chi connectivity index (χ2v) is 5.81. The molecule has 0 saturated carbocycles. The Hall–Kier alpha value is -1.95. The Balaban J connectivity index is 1.90. The monoisotopic (exact) mass is 275 g/mol. The first kappa shape index (κ1) is 14.5. The van der Waals surface area contributed by atoms with Crippen LogP contribution in [0.25, 0.3) is 0 Å². The Morgan fingerprint density at radius 2 is 2.05 bits per heavy atom. The summed E-state index contributed by atoms with van der Waals surface area (Å²) in [6, 6.07) is 5.14. The maximum Gasteiger partial charge on any atom is 0.250 e. The van der Waals surface area contributed by atoms with Crippen LogP contribution in [-0.2, 0) is 19.6 Å². The van der Waals surface area contributed by atoms with Crippen molar-refractivity contribution in [3.63, 3.8) is 0 Å². The predicted molar refractivity (Wildman–Crippen MR) is 77.3 cm³/mol. The highest BCUT2D eigenvalue weighted by Crippen LogP contribution is 2.01. The lowest BCUT2D eigenvalue weighted by Crippen LogP contribution is -2.35. The fourth-order valence-electron chi connectivity index (χ4n) is 1.74. The van der Waals surface area contributed by atoms with Crippen LogP contribution in [0.5, 0.6) is 0 Å². The molecule has 0 aliphatic carbocycles. The molecule has 0 amide bonds. The fraction of sp³-hybridized carbons (Fsp3) is 0.500. The average Bonchev–Trinajstić information content (AvgIpc) is 2.83. The van der Waals surface area contributed by atoms with Gasteiger partial charge in [0.1, 0.15) is 0 Å². The number of nitrogens with zero attached hydrogens (tertiary/aromatic N) is 4. The van der Waals surface area contributed by atoms with E-state index in [0.29, 0.717) is 19.6 Å². The minimum Gasteiger partial charge on any atom is -0.314 e. The molecule has 108 valence electrons. The zero-order valence-corrected chi connectivity index (χ0v) is 12.2. The molecule has 0 bridgehead atoms. The predicted octanol–water partition coefficient (Wildman–Crippen LogP) is 1.03. The molecule has 2 heterocycles. The van der Waals surface area contributed by atoms with Gasteiger partial charge in [-0.2, -0.15) is 0 Å². The standard InChI is InChI=1S/C14H21N5O/c1-14(2,3)15-10-12-11-19(17-16-12)9-8-18-7-5-4-6-13(18)20/h4-7,11,15H,8-10H2,1-3H3. The van der Waals surface area contributed by atoms with Crippen LogP contribution >= 0.6 is 0 Å². The first-order valence-electron chi connectivity index (χ1n) is 6.73. The molecule has 20 heavy (non-hydrogen) atoms. The number of pyridine rings is 1. The molecule has 2 rings (SSSR count). The van der Waals surface area contributed by atoms with Crippen LogP contribution in [0, 0.1) is 0 Å². The molecule has 0 spiro atoms. The number of aryl methyl sites for hydroxylation is 2. The van der Waals surface area contributed by atoms with E-state index < -0.39 is 0 Å². The summed E-state index contributed by atoms with van der Waals surface area (Å²) in [5, 5.41) is 11.6. The number of hydrogen-bond donors (Lipinski definition) is 1. The van der Waals surface area contributed by atoms with Crippen molar-refractivity contribution in [3.8, 4) is 0 Å². The molecular weight excluding hydrogens is 254 g/mol. The lowest BCUT2D eigenvalue weighted by molar-refractivity contribution is 0.421. The van der Waals surface area contributed by atoms with Crippen LogP contribution in [-0.4, -0.2) is 25.1 Å². The molecule has 6 heteroatoms. The zero-order chi connectivity index (χ0) is 14.6. The first-order chi connectivity index (χ1) is 9.44. The summed E-state index contributed by atoms with van der Waals surface area (Å²) in [6.45, 7) is 8.24. The normalized spacial score (nSPS) is 11.8. The van der Waals surface area contributed by atoms with Gasteiger partial charge in [-0.3, -0.25) is 9.48 Å². The highest BCUT2D eigenvalue weighted by atomic mass is 16.1. The van der Waals surface area contributed by atoms with Gasteiger partial charge in [-0.15, -0.1) is 5.10 Å². The number of aromatic nitrogens is 4. The Morgan fingerprint density at radius 3 is 2.75 bits per heavy atom. The number of hydrogen-bond acceptors (Lipinski definition) is 4. The van der Waals surface area contributed by atoms with Crippen molar-refractivity contribution in [2.45, 2.75) is 45.9 Å². The lowest BCUT2D eigenvalue weighted by Gasteiger charge is -2.19. The van der Waals surface area contributed by atoms with Gasteiger partial charge in [0.15, 0.2) is 0 Å². The van der Waals surface area contributed by atoms with E-state index in [1.165, 1.54) is 0 Å². The second kappa shape index (κ2) is 6.00. The largest absolute Gasteiger partial charge is 0.314 e. The summed E-state index contributed by atoms with van der Waals surface area (Å²) < 4.78 is 3.42. The lowest BCUT2D eigenvalue weighted by atomic mass is 10.1. The molecule has 2 aromatic rings. The molecule has 0 aromatic carbocycles. The summed E-state index contributed by atoms with van der Waals surface area (Å²) in [5.41, 5.74) is 0.962. The highest BCUT2D eigenvalue weighted by Gasteiger charge is 2.10. The van der Waals surface area contributed by atoms with E-state index in [1.807, 2.05) is 12.3 Å². The first-order valence-corrected chi connectivity index (χ1v) is 6.73. The van der Waals surface area contributed by atoms with Crippen LogP contribution in [0.15, 0.2) is 35.4 Å². The smallest absolute Gasteiger partial charge is 0.250 e. The molecule has 0 aliphatic heterocycles. The van der Waals surface area contributed by atoms with Gasteiger partial charge in [-0.25, -0.2) is 0 Å². The van der Waals surface area contributed by atoms with E-state index in [0.717, 1.165) is 5.69 Å². The Morgan fingerprint density at radius 1 is 1.25 bits per heavy atom. The van der Waals surface area contributed by atoms with Crippen LogP contribution in [0.3, 0.4) is 0 Å². The van der Waals surface area contributed by atoms with E-state index in [-0.39, 0.29) is 11.1 Å². The summed E-state index contributed by atoms with van der Waals surface area (Å²) in [6.07, 6.45) is 3.69. The SMILES string of the molecule is CC(C)(C)NCc1cn(CCn2ccccc2=O)nn1. The molecule has 2 aromatic heterocycles. The van der Waals surface area contributed by atoms with E-state index in [1.54, 1.807) is 27.6 Å². The third kappa shape index (κ3) is 4.31. The fourth-order valence-corrected chi connectivity index (χ4v) is 1.74. The third-order valence-electron chi connectivity index (χ3n) is 2.85. The molecule has 0 saturated heterocycles. The maximum atomic E-state index is 11.6. The van der Waals surface area contributed by atoms with Crippen molar-refractivity contribution in [3.05, 3.63) is 46.6 Å². The third-order valence-corrected chi connectivity index (χ3v) is 2.85. The molecule has 1 N–H and O–H groups in total. The molecule has 0 atom stereocenters. The van der Waals surface area contributed by atoms with Gasteiger partial charge in [-0.05, 0) is 26.8 Å². The van der Waals surface area contributed by atoms with Crippen LogP contribution in [0.4, 0.5) is 0 Å². The van der Waals surface area contributed by atoms with Crippen molar-refractivity contribution in [2.24, 2.45) is 0 Å². The highest BCUT2D eigenvalue weighted by molar-refractivity contribution is 4.94. The topological polar surface area (TPSA) is 64.7 Å². The van der Waals surface area contributed by atoms with Crippen LogP contribution in [0.2, 0.25) is 0 Å². The Labute approximate surface area is 118 Å². The average molecular weight is 275 g/mol. The quantitative estimate of drug-likeness (QED) is 0.885.